The van der Waals surface area contributed by atoms with Crippen LogP contribution < -0.4 is 5.32 Å². The van der Waals surface area contributed by atoms with Crippen LogP contribution in [0.3, 0.4) is 0 Å². The van der Waals surface area contributed by atoms with Gasteiger partial charge in [-0.1, -0.05) is 27.2 Å². The summed E-state index contributed by atoms with van der Waals surface area (Å²) in [6, 6.07) is 0. The van der Waals surface area contributed by atoms with Crippen molar-refractivity contribution in [3.8, 4) is 0 Å². The van der Waals surface area contributed by atoms with E-state index in [2.05, 4.69) is 33.0 Å². The summed E-state index contributed by atoms with van der Waals surface area (Å²) in [5, 5.41) is 3.18. The van der Waals surface area contributed by atoms with Crippen molar-refractivity contribution in [3.63, 3.8) is 0 Å². The van der Waals surface area contributed by atoms with E-state index in [0.29, 0.717) is 11.3 Å². The van der Waals surface area contributed by atoms with Crippen LogP contribution in [0.25, 0.3) is 0 Å². The summed E-state index contributed by atoms with van der Waals surface area (Å²) < 4.78 is 0. The monoisotopic (exact) mass is 249 g/mol. The van der Waals surface area contributed by atoms with Crippen molar-refractivity contribution in [2.75, 3.05) is 0 Å². The first kappa shape index (κ1) is 12.5. The maximum atomic E-state index is 11.0. The van der Waals surface area contributed by atoms with E-state index >= 15 is 0 Å². The van der Waals surface area contributed by atoms with Crippen molar-refractivity contribution in [2.45, 2.75) is 58.9 Å². The van der Waals surface area contributed by atoms with Gasteiger partial charge in [-0.25, -0.2) is 0 Å². The van der Waals surface area contributed by atoms with Gasteiger partial charge in [0, 0.05) is 5.54 Å². The summed E-state index contributed by atoms with van der Waals surface area (Å²) in [4.78, 5) is 11.0. The lowest BCUT2D eigenvalue weighted by molar-refractivity contribution is -0.112. The van der Waals surface area contributed by atoms with E-state index in [9.17, 15) is 4.79 Å². The third kappa shape index (κ3) is 1.50. The van der Waals surface area contributed by atoms with Crippen LogP contribution in [-0.2, 0) is 4.79 Å². The van der Waals surface area contributed by atoms with Crippen LogP contribution in [0.4, 0.5) is 0 Å². The molecule has 0 aromatic rings. The first-order valence-corrected chi connectivity index (χ1v) is 7.63. The molecule has 0 spiro atoms. The lowest BCUT2D eigenvalue weighted by atomic mass is 9.72. The van der Waals surface area contributed by atoms with Crippen molar-refractivity contribution < 1.29 is 4.79 Å². The average molecular weight is 249 g/mol. The molecule has 3 saturated carbocycles. The Balaban J connectivity index is 1.92. The van der Waals surface area contributed by atoms with Gasteiger partial charge in [-0.15, -0.1) is 0 Å². The summed E-state index contributed by atoms with van der Waals surface area (Å²) >= 11 is 0. The summed E-state index contributed by atoms with van der Waals surface area (Å²) in [5.74, 6) is 4.20. The molecule has 3 aliphatic carbocycles. The van der Waals surface area contributed by atoms with Crippen LogP contribution in [0.2, 0.25) is 0 Å². The zero-order chi connectivity index (χ0) is 13.1. The Labute approximate surface area is 111 Å². The van der Waals surface area contributed by atoms with E-state index in [4.69, 9.17) is 0 Å². The summed E-state index contributed by atoms with van der Waals surface area (Å²) in [6.45, 7) is 9.64. The molecule has 0 radical (unpaired) electrons. The van der Waals surface area contributed by atoms with Crippen molar-refractivity contribution in [1.29, 1.82) is 0 Å². The van der Waals surface area contributed by atoms with Gasteiger partial charge in [0.1, 0.15) is 0 Å². The van der Waals surface area contributed by atoms with Gasteiger partial charge in [-0.2, -0.15) is 0 Å². The van der Waals surface area contributed by atoms with Gasteiger partial charge in [0.05, 0.1) is 0 Å². The van der Waals surface area contributed by atoms with Crippen LogP contribution in [0.1, 0.15) is 53.4 Å². The molecule has 0 heterocycles. The topological polar surface area (TPSA) is 29.1 Å². The van der Waals surface area contributed by atoms with Crippen LogP contribution in [-0.4, -0.2) is 11.9 Å². The van der Waals surface area contributed by atoms with Gasteiger partial charge in [0.2, 0.25) is 6.41 Å². The average Bonchev–Trinajstić information content (AvgIpc) is 2.65. The fourth-order valence-electron chi connectivity index (χ4n) is 5.63. The smallest absolute Gasteiger partial charge is 0.207 e. The zero-order valence-corrected chi connectivity index (χ0v) is 12.2. The maximum absolute atomic E-state index is 11.0. The standard InChI is InChI=1S/C16H27NO/c1-10-5-6-11-13(10)14-12(15(14,2)3)7-8-16(11,4)17-9-18/h9-14H,5-8H2,1-4H3,(H,17,18)/t10-,11-,12-,13-,14-,16?/m1/s1. The predicted octanol–water partition coefficient (Wildman–Crippen LogP) is 3.22. The third-order valence-corrected chi connectivity index (χ3v) is 6.79. The highest BCUT2D eigenvalue weighted by Gasteiger charge is 2.66. The van der Waals surface area contributed by atoms with E-state index < -0.39 is 0 Å². The maximum Gasteiger partial charge on any atom is 0.207 e. The molecule has 1 N–H and O–H groups in total. The Morgan fingerprint density at radius 3 is 2.50 bits per heavy atom. The minimum Gasteiger partial charge on any atom is -0.353 e. The molecule has 0 bridgehead atoms. The fraction of sp³-hybridized carbons (Fsp3) is 0.938. The molecular formula is C16H27NO. The molecule has 6 atom stereocenters. The molecule has 0 aliphatic heterocycles. The van der Waals surface area contributed by atoms with Gasteiger partial charge < -0.3 is 5.32 Å². The number of hydrogen-bond donors (Lipinski definition) is 1. The van der Waals surface area contributed by atoms with Gasteiger partial charge >= 0.3 is 0 Å². The molecule has 2 nitrogen and oxygen atoms in total. The van der Waals surface area contributed by atoms with E-state index in [1.807, 2.05) is 0 Å². The molecule has 3 fully saturated rings. The van der Waals surface area contributed by atoms with Crippen molar-refractivity contribution in [1.82, 2.24) is 5.32 Å². The van der Waals surface area contributed by atoms with Crippen LogP contribution in [0, 0.1) is 35.0 Å². The van der Waals surface area contributed by atoms with Crippen molar-refractivity contribution in [3.05, 3.63) is 0 Å². The molecule has 0 saturated heterocycles. The SMILES string of the molecule is C[C@@H]1CC[C@@H]2[C@@H]1[C@H]1[C@@H](CCC2(C)NC=O)C1(C)C. The minimum atomic E-state index is 0.0562. The van der Waals surface area contributed by atoms with E-state index in [0.717, 1.165) is 30.1 Å². The zero-order valence-electron chi connectivity index (χ0n) is 12.2. The minimum absolute atomic E-state index is 0.0562. The quantitative estimate of drug-likeness (QED) is 0.748. The second-order valence-electron chi connectivity index (χ2n) is 7.91. The van der Waals surface area contributed by atoms with Crippen LogP contribution in [0.5, 0.6) is 0 Å². The number of fused-ring (bicyclic) bond motifs is 3. The molecule has 2 heteroatoms. The summed E-state index contributed by atoms with van der Waals surface area (Å²) in [6.07, 6.45) is 6.06. The molecule has 3 aliphatic rings. The number of rotatable bonds is 2. The normalized spacial score (nSPS) is 53.0. The lowest BCUT2D eigenvalue weighted by Crippen LogP contribution is -2.49. The highest BCUT2D eigenvalue weighted by molar-refractivity contribution is 5.48. The molecular weight excluding hydrogens is 222 g/mol. The van der Waals surface area contributed by atoms with Crippen molar-refractivity contribution >= 4 is 6.41 Å². The first-order chi connectivity index (χ1) is 8.42. The fourth-order valence-corrected chi connectivity index (χ4v) is 5.63. The molecule has 3 rings (SSSR count). The van der Waals surface area contributed by atoms with Crippen LogP contribution >= 0.6 is 0 Å². The Morgan fingerprint density at radius 1 is 1.11 bits per heavy atom. The summed E-state index contributed by atoms with van der Waals surface area (Å²) in [7, 11) is 0. The first-order valence-electron chi connectivity index (χ1n) is 7.63. The summed E-state index contributed by atoms with van der Waals surface area (Å²) in [5.41, 5.74) is 0.616. The van der Waals surface area contributed by atoms with Crippen molar-refractivity contribution in [2.24, 2.45) is 35.0 Å². The van der Waals surface area contributed by atoms with Crippen LogP contribution in [0.15, 0.2) is 0 Å². The second kappa shape index (κ2) is 3.74. The van der Waals surface area contributed by atoms with Gasteiger partial charge in [0.15, 0.2) is 0 Å². The molecule has 1 amide bonds. The lowest BCUT2D eigenvalue weighted by Gasteiger charge is -2.39. The number of nitrogens with one attached hydrogen (secondary N) is 1. The molecule has 1 unspecified atom stereocenters. The van der Waals surface area contributed by atoms with Gasteiger partial charge in [0.25, 0.3) is 0 Å². The molecule has 0 aromatic carbocycles. The predicted molar refractivity (Wildman–Crippen MR) is 73.0 cm³/mol. The van der Waals surface area contributed by atoms with Gasteiger partial charge in [-0.05, 0) is 61.2 Å². The highest BCUT2D eigenvalue weighted by atomic mass is 16.1. The molecule has 0 aromatic heterocycles. The highest BCUT2D eigenvalue weighted by Crippen LogP contribution is 2.71. The largest absolute Gasteiger partial charge is 0.353 e. The Hall–Kier alpha value is -0.530. The van der Waals surface area contributed by atoms with E-state index in [1.54, 1.807) is 0 Å². The van der Waals surface area contributed by atoms with E-state index in [1.165, 1.54) is 25.7 Å². The van der Waals surface area contributed by atoms with E-state index in [-0.39, 0.29) is 5.54 Å². The second-order valence-corrected chi connectivity index (χ2v) is 7.91. The van der Waals surface area contributed by atoms with Gasteiger partial charge in [-0.3, -0.25) is 4.79 Å². The number of hydrogen-bond acceptors (Lipinski definition) is 1. The Bertz CT molecular complexity index is 364. The number of carbonyl (C=O) groups excluding carboxylic acids is 1. The molecule has 18 heavy (non-hydrogen) atoms. The number of carbonyl (C=O) groups is 1. The third-order valence-electron chi connectivity index (χ3n) is 6.79. The Kier molecular flexibility index (Phi) is 2.60. The number of amides is 1. The molecule has 102 valence electrons. The Morgan fingerprint density at radius 2 is 1.83 bits per heavy atom.